The average Bonchev–Trinajstić information content (AvgIpc) is 2.90. The number of carbonyl (C=O) groups excluding carboxylic acids is 3. The predicted octanol–water partition coefficient (Wildman–Crippen LogP) is 3.47. The van der Waals surface area contributed by atoms with Gasteiger partial charge in [-0.25, -0.2) is 0 Å². The summed E-state index contributed by atoms with van der Waals surface area (Å²) in [7, 11) is 1.54. The molecule has 0 N–H and O–H groups in total. The summed E-state index contributed by atoms with van der Waals surface area (Å²) in [5, 5.41) is -0.489. The van der Waals surface area contributed by atoms with E-state index in [0.29, 0.717) is 23.7 Å². The normalized spacial score (nSPS) is 15.4. The molecule has 0 radical (unpaired) electrons. The molecule has 7 nitrogen and oxygen atoms in total. The number of benzene rings is 1. The van der Waals surface area contributed by atoms with Crippen molar-refractivity contribution in [2.45, 2.75) is 26.7 Å². The predicted molar refractivity (Wildman–Crippen MR) is 103 cm³/mol. The maximum atomic E-state index is 12.5. The van der Waals surface area contributed by atoms with Crippen LogP contribution in [0.2, 0.25) is 0 Å². The highest BCUT2D eigenvalue weighted by atomic mass is 32.2. The van der Waals surface area contributed by atoms with Gasteiger partial charge in [0.15, 0.2) is 11.5 Å². The summed E-state index contributed by atoms with van der Waals surface area (Å²) in [6.45, 7) is 4.21. The molecule has 1 fully saturated rings. The van der Waals surface area contributed by atoms with Gasteiger partial charge >= 0.3 is 5.97 Å². The quantitative estimate of drug-likeness (QED) is 0.361. The fourth-order valence-corrected chi connectivity index (χ4v) is 3.18. The number of esters is 1. The lowest BCUT2D eigenvalue weighted by Crippen LogP contribution is -2.34. The summed E-state index contributed by atoms with van der Waals surface area (Å²) in [4.78, 5) is 37.5. The van der Waals surface area contributed by atoms with Crippen LogP contribution < -0.4 is 9.47 Å². The molecule has 2 amide bonds. The van der Waals surface area contributed by atoms with Gasteiger partial charge in [-0.2, -0.15) is 0 Å². The Morgan fingerprint density at radius 3 is 2.67 bits per heavy atom. The van der Waals surface area contributed by atoms with Gasteiger partial charge in [0.2, 0.25) is 0 Å². The lowest BCUT2D eigenvalue weighted by atomic mass is 10.2. The van der Waals surface area contributed by atoms with E-state index in [-0.39, 0.29) is 18.1 Å². The number of imide groups is 1. The van der Waals surface area contributed by atoms with E-state index in [1.807, 2.05) is 13.8 Å². The van der Waals surface area contributed by atoms with Crippen LogP contribution in [0.4, 0.5) is 4.79 Å². The van der Waals surface area contributed by atoms with Crippen LogP contribution in [0.1, 0.15) is 32.3 Å². The Bertz CT molecular complexity index is 746. The number of hydrogen-bond acceptors (Lipinski definition) is 7. The third kappa shape index (κ3) is 5.50. The SMILES string of the molecule is CCCCOC(=O)CN1C(=O)S/C(=C/c2ccc(OC)c(OCC)c2)C1=O. The molecule has 0 spiro atoms. The molecule has 0 aliphatic carbocycles. The Morgan fingerprint density at radius 2 is 2.00 bits per heavy atom. The van der Waals surface area contributed by atoms with E-state index in [1.165, 1.54) is 0 Å². The largest absolute Gasteiger partial charge is 0.493 e. The molecule has 2 rings (SSSR count). The van der Waals surface area contributed by atoms with Gasteiger partial charge in [-0.3, -0.25) is 19.3 Å². The van der Waals surface area contributed by atoms with Crippen LogP contribution in [0.5, 0.6) is 11.5 Å². The van der Waals surface area contributed by atoms with Gasteiger partial charge in [0.25, 0.3) is 11.1 Å². The Balaban J connectivity index is 2.11. The maximum absolute atomic E-state index is 12.5. The van der Waals surface area contributed by atoms with Crippen molar-refractivity contribution < 1.29 is 28.6 Å². The fourth-order valence-electron chi connectivity index (χ4n) is 2.34. The van der Waals surface area contributed by atoms with E-state index in [4.69, 9.17) is 14.2 Å². The molecule has 1 aromatic carbocycles. The highest BCUT2D eigenvalue weighted by Crippen LogP contribution is 2.34. The first-order valence-corrected chi connectivity index (χ1v) is 9.53. The van der Waals surface area contributed by atoms with E-state index in [9.17, 15) is 14.4 Å². The van der Waals surface area contributed by atoms with Crippen molar-refractivity contribution in [1.29, 1.82) is 0 Å². The van der Waals surface area contributed by atoms with Crippen molar-refractivity contribution in [3.05, 3.63) is 28.7 Å². The van der Waals surface area contributed by atoms with Crippen molar-refractivity contribution in [3.63, 3.8) is 0 Å². The van der Waals surface area contributed by atoms with E-state index >= 15 is 0 Å². The number of thioether (sulfide) groups is 1. The third-order valence-electron chi connectivity index (χ3n) is 3.71. The molecule has 27 heavy (non-hydrogen) atoms. The van der Waals surface area contributed by atoms with Gasteiger partial charge in [-0.1, -0.05) is 19.4 Å². The highest BCUT2D eigenvalue weighted by molar-refractivity contribution is 8.18. The van der Waals surface area contributed by atoms with Gasteiger partial charge in [-0.05, 0) is 48.9 Å². The van der Waals surface area contributed by atoms with E-state index in [0.717, 1.165) is 29.5 Å². The van der Waals surface area contributed by atoms with Gasteiger partial charge in [0, 0.05) is 0 Å². The fraction of sp³-hybridized carbons (Fsp3) is 0.421. The monoisotopic (exact) mass is 393 g/mol. The first kappa shape index (κ1) is 20.8. The van der Waals surface area contributed by atoms with Crippen molar-refractivity contribution in [3.8, 4) is 11.5 Å². The van der Waals surface area contributed by atoms with Gasteiger partial charge in [0.05, 0.1) is 25.2 Å². The zero-order chi connectivity index (χ0) is 19.8. The molecule has 1 aliphatic rings. The zero-order valence-corrected chi connectivity index (χ0v) is 16.5. The van der Waals surface area contributed by atoms with Crippen molar-refractivity contribution in [2.24, 2.45) is 0 Å². The summed E-state index contributed by atoms with van der Waals surface area (Å²) in [6, 6.07) is 5.22. The third-order valence-corrected chi connectivity index (χ3v) is 4.61. The van der Waals surface area contributed by atoms with Crippen LogP contribution in [-0.4, -0.2) is 48.9 Å². The van der Waals surface area contributed by atoms with Crippen molar-refractivity contribution in [1.82, 2.24) is 4.90 Å². The Kier molecular flexibility index (Phi) is 7.72. The minimum atomic E-state index is -0.588. The Labute approximate surface area is 162 Å². The van der Waals surface area contributed by atoms with Crippen molar-refractivity contribution >= 4 is 35.0 Å². The molecule has 146 valence electrons. The molecule has 1 heterocycles. The molecule has 0 atom stereocenters. The van der Waals surface area contributed by atoms with Crippen molar-refractivity contribution in [2.75, 3.05) is 26.9 Å². The summed E-state index contributed by atoms with van der Waals surface area (Å²) in [5.74, 6) is 0.0331. The number of ether oxygens (including phenoxy) is 3. The number of unbranched alkanes of at least 4 members (excludes halogenated alkanes) is 1. The van der Waals surface area contributed by atoms with Crippen LogP contribution >= 0.6 is 11.8 Å². The average molecular weight is 393 g/mol. The number of amides is 2. The van der Waals surface area contributed by atoms with Crippen LogP contribution in [0.25, 0.3) is 6.08 Å². The van der Waals surface area contributed by atoms with Crippen LogP contribution in [0.15, 0.2) is 23.1 Å². The molecule has 1 saturated heterocycles. The van der Waals surface area contributed by atoms with Gasteiger partial charge < -0.3 is 14.2 Å². The second-order valence-electron chi connectivity index (χ2n) is 5.69. The summed E-state index contributed by atoms with van der Waals surface area (Å²) >= 11 is 0.795. The van der Waals surface area contributed by atoms with Crippen LogP contribution in [0, 0.1) is 0 Å². The zero-order valence-electron chi connectivity index (χ0n) is 15.6. The molecule has 0 unspecified atom stereocenters. The smallest absolute Gasteiger partial charge is 0.326 e. The van der Waals surface area contributed by atoms with Crippen LogP contribution in [-0.2, 0) is 14.3 Å². The number of hydrogen-bond donors (Lipinski definition) is 0. The topological polar surface area (TPSA) is 82.1 Å². The molecule has 1 aromatic rings. The van der Waals surface area contributed by atoms with E-state index in [2.05, 4.69) is 0 Å². The van der Waals surface area contributed by atoms with Gasteiger partial charge in [0.1, 0.15) is 6.54 Å². The lowest BCUT2D eigenvalue weighted by Gasteiger charge is -2.11. The molecular formula is C19H23NO6S. The second kappa shape index (κ2) is 10.0. The molecule has 1 aliphatic heterocycles. The second-order valence-corrected chi connectivity index (χ2v) is 6.68. The van der Waals surface area contributed by atoms with E-state index in [1.54, 1.807) is 31.4 Å². The standard InChI is InChI=1S/C19H23NO6S/c1-4-6-9-26-17(21)12-20-18(22)16(27-19(20)23)11-13-7-8-14(24-3)15(10-13)25-5-2/h7-8,10-11H,4-6,9,12H2,1-3H3/b16-11+. The maximum Gasteiger partial charge on any atom is 0.326 e. The minimum Gasteiger partial charge on any atom is -0.493 e. The Hall–Kier alpha value is -2.48. The lowest BCUT2D eigenvalue weighted by molar-refractivity contribution is -0.146. The first-order chi connectivity index (χ1) is 13.0. The first-order valence-electron chi connectivity index (χ1n) is 8.72. The summed E-state index contributed by atoms with van der Waals surface area (Å²) in [5.41, 5.74) is 0.690. The number of carbonyl (C=O) groups is 3. The molecule has 0 aromatic heterocycles. The molecule has 8 heteroatoms. The Morgan fingerprint density at radius 1 is 1.22 bits per heavy atom. The van der Waals surface area contributed by atoms with Crippen LogP contribution in [0.3, 0.4) is 0 Å². The number of nitrogens with zero attached hydrogens (tertiary/aromatic N) is 1. The van der Waals surface area contributed by atoms with E-state index < -0.39 is 17.1 Å². The highest BCUT2D eigenvalue weighted by Gasteiger charge is 2.36. The number of methoxy groups -OCH3 is 1. The molecular weight excluding hydrogens is 370 g/mol. The molecule has 0 saturated carbocycles. The summed E-state index contributed by atoms with van der Waals surface area (Å²) in [6.07, 6.45) is 3.23. The number of rotatable bonds is 9. The minimum absolute atomic E-state index is 0.244. The molecule has 0 bridgehead atoms. The van der Waals surface area contributed by atoms with Gasteiger partial charge in [-0.15, -0.1) is 0 Å². The summed E-state index contributed by atoms with van der Waals surface area (Å²) < 4.78 is 15.8.